The van der Waals surface area contributed by atoms with Gasteiger partial charge in [0.2, 0.25) is 5.91 Å². The molecule has 0 unspecified atom stereocenters. The summed E-state index contributed by atoms with van der Waals surface area (Å²) in [5, 5.41) is 0. The highest BCUT2D eigenvalue weighted by molar-refractivity contribution is 5.94. The fourth-order valence-electron chi connectivity index (χ4n) is 1.75. The van der Waals surface area contributed by atoms with E-state index in [-0.39, 0.29) is 5.91 Å². The van der Waals surface area contributed by atoms with Crippen LogP contribution in [-0.4, -0.2) is 25.5 Å². The Morgan fingerprint density at radius 2 is 2.12 bits per heavy atom. The Balaban J connectivity index is 2.99. The molecular weight excluding hydrogens is 202 g/mol. The number of amides is 1. The molecule has 0 saturated carbocycles. The highest BCUT2D eigenvalue weighted by Crippen LogP contribution is 2.18. The van der Waals surface area contributed by atoms with Crippen molar-refractivity contribution in [2.75, 3.05) is 24.5 Å². The molecular formula is C12H19N3O. The average molecular weight is 221 g/mol. The number of carbonyl (C=O) groups excluding carboxylic acids is 1. The third-order valence-electron chi connectivity index (χ3n) is 2.62. The summed E-state index contributed by atoms with van der Waals surface area (Å²) < 4.78 is 0. The van der Waals surface area contributed by atoms with E-state index >= 15 is 0 Å². The van der Waals surface area contributed by atoms with E-state index in [9.17, 15) is 4.79 Å². The van der Waals surface area contributed by atoms with Gasteiger partial charge in [-0.3, -0.25) is 4.79 Å². The first-order valence-corrected chi connectivity index (χ1v) is 5.45. The van der Waals surface area contributed by atoms with Gasteiger partial charge >= 0.3 is 0 Å². The molecule has 4 N–H and O–H groups in total. The third-order valence-corrected chi connectivity index (χ3v) is 2.62. The molecule has 0 aromatic heterocycles. The Labute approximate surface area is 96.2 Å². The summed E-state index contributed by atoms with van der Waals surface area (Å²) in [6.07, 6.45) is 0. The highest BCUT2D eigenvalue weighted by atomic mass is 16.1. The van der Waals surface area contributed by atoms with Gasteiger partial charge in [-0.2, -0.15) is 0 Å². The SMILES string of the molecule is CCN(CCN)c1ccc(C(N)=O)c(C)c1. The molecule has 0 radical (unpaired) electrons. The topological polar surface area (TPSA) is 72.3 Å². The van der Waals surface area contributed by atoms with Crippen molar-refractivity contribution in [3.8, 4) is 0 Å². The molecule has 0 aliphatic carbocycles. The van der Waals surface area contributed by atoms with Gasteiger partial charge in [-0.15, -0.1) is 0 Å². The third kappa shape index (κ3) is 2.73. The molecule has 4 nitrogen and oxygen atoms in total. The van der Waals surface area contributed by atoms with Gasteiger partial charge in [-0.1, -0.05) is 0 Å². The molecule has 88 valence electrons. The Hall–Kier alpha value is -1.55. The fourth-order valence-corrected chi connectivity index (χ4v) is 1.75. The van der Waals surface area contributed by atoms with Crippen molar-refractivity contribution in [2.24, 2.45) is 11.5 Å². The van der Waals surface area contributed by atoms with Crippen LogP contribution in [0.15, 0.2) is 18.2 Å². The molecule has 1 aromatic carbocycles. The summed E-state index contributed by atoms with van der Waals surface area (Å²) in [4.78, 5) is 13.3. The lowest BCUT2D eigenvalue weighted by molar-refractivity contribution is 0.1000. The van der Waals surface area contributed by atoms with Crippen LogP contribution in [0.2, 0.25) is 0 Å². The Morgan fingerprint density at radius 3 is 2.56 bits per heavy atom. The van der Waals surface area contributed by atoms with Gasteiger partial charge in [0.25, 0.3) is 0 Å². The summed E-state index contributed by atoms with van der Waals surface area (Å²) in [6, 6.07) is 5.65. The van der Waals surface area contributed by atoms with E-state index in [1.165, 1.54) is 0 Å². The van der Waals surface area contributed by atoms with Crippen LogP contribution in [-0.2, 0) is 0 Å². The van der Waals surface area contributed by atoms with Crippen molar-refractivity contribution in [1.29, 1.82) is 0 Å². The molecule has 1 rings (SSSR count). The zero-order valence-corrected chi connectivity index (χ0v) is 9.86. The van der Waals surface area contributed by atoms with Gasteiger partial charge in [-0.05, 0) is 37.6 Å². The number of likely N-dealkylation sites (N-methyl/N-ethyl adjacent to an activating group) is 1. The molecule has 4 heteroatoms. The minimum Gasteiger partial charge on any atom is -0.371 e. The molecule has 16 heavy (non-hydrogen) atoms. The number of anilines is 1. The Bertz CT molecular complexity index is 377. The number of hydrogen-bond donors (Lipinski definition) is 2. The number of nitrogens with two attached hydrogens (primary N) is 2. The van der Waals surface area contributed by atoms with E-state index in [1.807, 2.05) is 19.1 Å². The van der Waals surface area contributed by atoms with Crippen LogP contribution in [0.3, 0.4) is 0 Å². The number of benzene rings is 1. The van der Waals surface area contributed by atoms with Crippen LogP contribution < -0.4 is 16.4 Å². The smallest absolute Gasteiger partial charge is 0.248 e. The van der Waals surface area contributed by atoms with Gasteiger partial charge in [-0.25, -0.2) is 0 Å². The van der Waals surface area contributed by atoms with Crippen LogP contribution in [0.4, 0.5) is 5.69 Å². The Morgan fingerprint density at radius 1 is 1.44 bits per heavy atom. The van der Waals surface area contributed by atoms with Gasteiger partial charge < -0.3 is 16.4 Å². The van der Waals surface area contributed by atoms with E-state index in [0.29, 0.717) is 12.1 Å². The van der Waals surface area contributed by atoms with Crippen molar-refractivity contribution in [1.82, 2.24) is 0 Å². The second kappa shape index (κ2) is 5.51. The lowest BCUT2D eigenvalue weighted by atomic mass is 10.1. The summed E-state index contributed by atoms with van der Waals surface area (Å²) in [5.41, 5.74) is 13.4. The molecule has 0 heterocycles. The van der Waals surface area contributed by atoms with Crippen LogP contribution in [0.5, 0.6) is 0 Å². The van der Waals surface area contributed by atoms with Crippen molar-refractivity contribution >= 4 is 11.6 Å². The molecule has 1 aromatic rings. The van der Waals surface area contributed by atoms with Crippen molar-refractivity contribution in [3.05, 3.63) is 29.3 Å². The first-order valence-electron chi connectivity index (χ1n) is 5.45. The lowest BCUT2D eigenvalue weighted by Gasteiger charge is -2.23. The largest absolute Gasteiger partial charge is 0.371 e. The lowest BCUT2D eigenvalue weighted by Crippen LogP contribution is -2.29. The summed E-state index contributed by atoms with van der Waals surface area (Å²) >= 11 is 0. The maximum absolute atomic E-state index is 11.1. The first-order chi connectivity index (χ1) is 7.60. The standard InChI is InChI=1S/C12H19N3O/c1-3-15(7-6-13)10-4-5-11(12(14)16)9(2)8-10/h4-5,8H,3,6-7,13H2,1-2H3,(H2,14,16). The number of primary amides is 1. The molecule has 0 bridgehead atoms. The number of nitrogens with zero attached hydrogens (tertiary/aromatic N) is 1. The van der Waals surface area contributed by atoms with Crippen LogP contribution in [0.1, 0.15) is 22.8 Å². The van der Waals surface area contributed by atoms with Crippen LogP contribution in [0.25, 0.3) is 0 Å². The molecule has 0 spiro atoms. The number of rotatable bonds is 5. The average Bonchev–Trinajstić information content (AvgIpc) is 2.25. The molecule has 0 saturated heterocycles. The van der Waals surface area contributed by atoms with Gasteiger partial charge in [0, 0.05) is 30.9 Å². The van der Waals surface area contributed by atoms with Gasteiger partial charge in [0.15, 0.2) is 0 Å². The van der Waals surface area contributed by atoms with Crippen LogP contribution in [0, 0.1) is 6.92 Å². The van der Waals surface area contributed by atoms with E-state index < -0.39 is 0 Å². The number of carbonyl (C=O) groups is 1. The predicted octanol–water partition coefficient (Wildman–Crippen LogP) is 0.879. The summed E-state index contributed by atoms with van der Waals surface area (Å²) in [7, 11) is 0. The minimum absolute atomic E-state index is 0.383. The minimum atomic E-state index is -0.383. The molecule has 0 fully saturated rings. The van der Waals surface area contributed by atoms with Gasteiger partial charge in [0.1, 0.15) is 0 Å². The summed E-state index contributed by atoms with van der Waals surface area (Å²) in [5.74, 6) is -0.383. The highest BCUT2D eigenvalue weighted by Gasteiger charge is 2.08. The normalized spacial score (nSPS) is 10.2. The molecule has 0 atom stereocenters. The van der Waals surface area contributed by atoms with E-state index in [1.54, 1.807) is 6.07 Å². The molecule has 0 aliphatic heterocycles. The first kappa shape index (κ1) is 12.5. The van der Waals surface area contributed by atoms with Crippen molar-refractivity contribution in [3.63, 3.8) is 0 Å². The van der Waals surface area contributed by atoms with Gasteiger partial charge in [0.05, 0.1) is 0 Å². The molecule has 1 amide bonds. The van der Waals surface area contributed by atoms with Crippen LogP contribution >= 0.6 is 0 Å². The zero-order valence-electron chi connectivity index (χ0n) is 9.86. The maximum atomic E-state index is 11.1. The second-order valence-electron chi connectivity index (χ2n) is 3.73. The van der Waals surface area contributed by atoms with E-state index in [0.717, 1.165) is 24.3 Å². The van der Waals surface area contributed by atoms with Crippen molar-refractivity contribution < 1.29 is 4.79 Å². The Kier molecular flexibility index (Phi) is 4.31. The second-order valence-corrected chi connectivity index (χ2v) is 3.73. The predicted molar refractivity (Wildman–Crippen MR) is 66.6 cm³/mol. The zero-order chi connectivity index (χ0) is 12.1. The van der Waals surface area contributed by atoms with E-state index in [4.69, 9.17) is 11.5 Å². The monoisotopic (exact) mass is 221 g/mol. The number of hydrogen-bond acceptors (Lipinski definition) is 3. The summed E-state index contributed by atoms with van der Waals surface area (Å²) in [6.45, 7) is 6.29. The quantitative estimate of drug-likeness (QED) is 0.775. The number of aryl methyl sites for hydroxylation is 1. The molecule has 0 aliphatic rings. The maximum Gasteiger partial charge on any atom is 0.248 e. The fraction of sp³-hybridized carbons (Fsp3) is 0.417. The van der Waals surface area contributed by atoms with Crippen molar-refractivity contribution in [2.45, 2.75) is 13.8 Å². The van der Waals surface area contributed by atoms with E-state index in [2.05, 4.69) is 11.8 Å².